The van der Waals surface area contributed by atoms with E-state index in [4.69, 9.17) is 22.3 Å². The van der Waals surface area contributed by atoms with E-state index in [1.54, 1.807) is 0 Å². The topological polar surface area (TPSA) is 235 Å². The van der Waals surface area contributed by atoms with E-state index in [0.29, 0.717) is 12.2 Å². The number of nitrogens with one attached hydrogen (secondary N) is 3. The average molecular weight is 478 g/mol. The maximum atomic E-state index is 12.7. The Hall–Kier alpha value is -2.58. The number of hydrogen-bond donors (Lipinski definition) is 8. The fraction of sp³-hybridized carbons (Fsp3) is 0.722. The maximum absolute atomic E-state index is 12.7. The molecule has 0 bridgehead atoms. The highest BCUT2D eigenvalue weighted by Gasteiger charge is 2.31. The second kappa shape index (κ2) is 15.3. The molecule has 32 heavy (non-hydrogen) atoms. The van der Waals surface area contributed by atoms with Crippen LogP contribution in [-0.4, -0.2) is 88.7 Å². The van der Waals surface area contributed by atoms with Crippen LogP contribution < -0.4 is 33.2 Å². The van der Waals surface area contributed by atoms with Gasteiger partial charge < -0.3 is 43.4 Å². The molecular formula is C18H35N7O6S. The van der Waals surface area contributed by atoms with Gasteiger partial charge in [-0.15, -0.1) is 0 Å². The van der Waals surface area contributed by atoms with E-state index in [0.717, 1.165) is 0 Å². The van der Waals surface area contributed by atoms with Crippen molar-refractivity contribution < 1.29 is 29.4 Å². The molecule has 0 aromatic rings. The lowest BCUT2D eigenvalue weighted by Gasteiger charge is -2.26. The number of rotatable bonds is 15. The third-order valence-electron chi connectivity index (χ3n) is 4.34. The minimum atomic E-state index is -1.37. The molecular weight excluding hydrogens is 442 g/mol. The number of aliphatic hydroxyl groups excluding tert-OH is 1. The molecule has 3 amide bonds. The van der Waals surface area contributed by atoms with Gasteiger partial charge in [-0.25, -0.2) is 0 Å². The van der Waals surface area contributed by atoms with Crippen molar-refractivity contribution in [1.29, 1.82) is 0 Å². The summed E-state index contributed by atoms with van der Waals surface area (Å²) in [5.41, 5.74) is 16.3. The molecule has 5 unspecified atom stereocenters. The lowest BCUT2D eigenvalue weighted by atomic mass is 10.1. The van der Waals surface area contributed by atoms with Crippen LogP contribution in [0.15, 0.2) is 4.99 Å². The van der Waals surface area contributed by atoms with Gasteiger partial charge in [0.2, 0.25) is 17.7 Å². The molecule has 0 aliphatic heterocycles. The summed E-state index contributed by atoms with van der Waals surface area (Å²) >= 11 is 1.43. The minimum Gasteiger partial charge on any atom is -0.480 e. The van der Waals surface area contributed by atoms with Crippen LogP contribution in [0.2, 0.25) is 0 Å². The molecule has 0 spiro atoms. The Morgan fingerprint density at radius 2 is 1.62 bits per heavy atom. The molecule has 0 fully saturated rings. The van der Waals surface area contributed by atoms with Gasteiger partial charge in [-0.1, -0.05) is 0 Å². The van der Waals surface area contributed by atoms with E-state index < -0.39 is 54.0 Å². The summed E-state index contributed by atoms with van der Waals surface area (Å²) in [7, 11) is 0. The Morgan fingerprint density at radius 3 is 2.12 bits per heavy atom. The zero-order valence-electron chi connectivity index (χ0n) is 18.5. The zero-order chi connectivity index (χ0) is 24.8. The third-order valence-corrected chi connectivity index (χ3v) is 4.98. The number of carboxylic acids is 1. The molecule has 14 heteroatoms. The Labute approximate surface area is 191 Å². The molecule has 5 atom stereocenters. The molecule has 0 aliphatic carbocycles. The summed E-state index contributed by atoms with van der Waals surface area (Å²) in [6.45, 7) is 2.88. The van der Waals surface area contributed by atoms with Crippen LogP contribution in [0.5, 0.6) is 0 Å². The monoisotopic (exact) mass is 477 g/mol. The first-order valence-corrected chi connectivity index (χ1v) is 11.4. The molecule has 13 nitrogen and oxygen atoms in total. The van der Waals surface area contributed by atoms with E-state index in [-0.39, 0.29) is 25.3 Å². The van der Waals surface area contributed by atoms with Gasteiger partial charge in [0.15, 0.2) is 5.96 Å². The smallest absolute Gasteiger partial charge is 0.325 e. The summed E-state index contributed by atoms with van der Waals surface area (Å²) < 4.78 is 0. The molecule has 0 saturated heterocycles. The molecule has 0 radical (unpaired) electrons. The quantitative estimate of drug-likeness (QED) is 0.0678. The van der Waals surface area contributed by atoms with E-state index in [1.807, 2.05) is 6.26 Å². The summed E-state index contributed by atoms with van der Waals surface area (Å²) in [5, 5.41) is 26.1. The SMILES string of the molecule is CSCCC(NC(=O)C(NC(=O)C(N)CCCN=C(N)N)C(C)O)C(=O)NC(C)C(=O)O. The van der Waals surface area contributed by atoms with Gasteiger partial charge in [0.1, 0.15) is 18.1 Å². The number of carboxylic acid groups (broad SMARTS) is 1. The first-order chi connectivity index (χ1) is 14.9. The maximum Gasteiger partial charge on any atom is 0.325 e. The first-order valence-electron chi connectivity index (χ1n) is 10.0. The summed E-state index contributed by atoms with van der Waals surface area (Å²) in [5.74, 6) is -2.95. The second-order valence-corrected chi connectivity index (χ2v) is 8.18. The minimum absolute atomic E-state index is 0.0772. The lowest BCUT2D eigenvalue weighted by Crippen LogP contribution is -2.59. The molecule has 11 N–H and O–H groups in total. The van der Waals surface area contributed by atoms with Gasteiger partial charge in [-0.2, -0.15) is 11.8 Å². The van der Waals surface area contributed by atoms with Crippen LogP contribution in [0.3, 0.4) is 0 Å². The number of amides is 3. The predicted octanol–water partition coefficient (Wildman–Crippen LogP) is -2.94. The summed E-state index contributed by atoms with van der Waals surface area (Å²) in [4.78, 5) is 52.2. The van der Waals surface area contributed by atoms with Gasteiger partial charge in [0.25, 0.3) is 0 Å². The third kappa shape index (κ3) is 11.7. The van der Waals surface area contributed by atoms with Crippen molar-refractivity contribution >= 4 is 41.4 Å². The average Bonchev–Trinajstić information content (AvgIpc) is 2.70. The Kier molecular flexibility index (Phi) is 14.0. The Bertz CT molecular complexity index is 672. The fourth-order valence-electron chi connectivity index (χ4n) is 2.46. The first kappa shape index (κ1) is 29.4. The van der Waals surface area contributed by atoms with E-state index in [1.165, 1.54) is 25.6 Å². The molecule has 0 saturated carbocycles. The van der Waals surface area contributed by atoms with Gasteiger partial charge in [-0.05, 0) is 45.1 Å². The van der Waals surface area contributed by atoms with Gasteiger partial charge in [0.05, 0.1) is 12.1 Å². The van der Waals surface area contributed by atoms with Crippen LogP contribution in [0.25, 0.3) is 0 Å². The number of thioether (sulfide) groups is 1. The van der Waals surface area contributed by atoms with Crippen LogP contribution in [0, 0.1) is 0 Å². The molecule has 0 aromatic carbocycles. The highest BCUT2D eigenvalue weighted by molar-refractivity contribution is 7.98. The number of aliphatic carboxylic acids is 1. The van der Waals surface area contributed by atoms with Gasteiger partial charge >= 0.3 is 5.97 Å². The normalized spacial score (nSPS) is 15.4. The number of carbonyl (C=O) groups excluding carboxylic acids is 3. The van der Waals surface area contributed by atoms with E-state index in [9.17, 15) is 24.3 Å². The summed E-state index contributed by atoms with van der Waals surface area (Å²) in [6.07, 6.45) is 1.41. The van der Waals surface area contributed by atoms with Crippen molar-refractivity contribution in [2.45, 2.75) is 63.4 Å². The largest absolute Gasteiger partial charge is 0.480 e. The van der Waals surface area contributed by atoms with Crippen LogP contribution >= 0.6 is 11.8 Å². The van der Waals surface area contributed by atoms with Gasteiger partial charge in [0, 0.05) is 6.54 Å². The van der Waals surface area contributed by atoms with E-state index in [2.05, 4.69) is 20.9 Å². The number of nitrogens with two attached hydrogens (primary N) is 3. The van der Waals surface area contributed by atoms with Crippen LogP contribution in [-0.2, 0) is 19.2 Å². The van der Waals surface area contributed by atoms with Gasteiger partial charge in [-0.3, -0.25) is 24.2 Å². The standard InChI is InChI=1S/C18H35N7O6S/c1-9(17(30)31)23-15(28)12(6-8-32-3)24-16(29)13(10(2)26)25-14(27)11(19)5-4-7-22-18(20)21/h9-13,26H,4-8,19H2,1-3H3,(H,23,28)(H,24,29)(H,25,27)(H,30,31)(H4,20,21,22). The number of hydrogen-bond acceptors (Lipinski definition) is 8. The number of carbonyl (C=O) groups is 4. The molecule has 0 aliphatic rings. The predicted molar refractivity (Wildman–Crippen MR) is 122 cm³/mol. The zero-order valence-corrected chi connectivity index (χ0v) is 19.4. The lowest BCUT2D eigenvalue weighted by molar-refractivity contribution is -0.142. The van der Waals surface area contributed by atoms with Crippen molar-refractivity contribution in [3.63, 3.8) is 0 Å². The highest BCUT2D eigenvalue weighted by Crippen LogP contribution is 2.05. The molecule has 0 aromatic heterocycles. The van der Waals surface area contributed by atoms with Crippen molar-refractivity contribution in [2.24, 2.45) is 22.2 Å². The van der Waals surface area contributed by atoms with E-state index >= 15 is 0 Å². The van der Waals surface area contributed by atoms with Crippen molar-refractivity contribution in [3.05, 3.63) is 0 Å². The van der Waals surface area contributed by atoms with Crippen LogP contribution in [0.4, 0.5) is 0 Å². The number of guanidine groups is 1. The molecule has 0 rings (SSSR count). The van der Waals surface area contributed by atoms with Crippen molar-refractivity contribution in [1.82, 2.24) is 16.0 Å². The number of aliphatic imine (C=N–C) groups is 1. The second-order valence-electron chi connectivity index (χ2n) is 7.19. The van der Waals surface area contributed by atoms with Crippen molar-refractivity contribution in [2.75, 3.05) is 18.6 Å². The Balaban J connectivity index is 5.10. The highest BCUT2D eigenvalue weighted by atomic mass is 32.2. The molecule has 184 valence electrons. The molecule has 0 heterocycles. The fourth-order valence-corrected chi connectivity index (χ4v) is 2.93. The summed E-state index contributed by atoms with van der Waals surface area (Å²) in [6, 6.07) is -4.54. The number of nitrogens with zero attached hydrogens (tertiary/aromatic N) is 1. The van der Waals surface area contributed by atoms with Crippen LogP contribution in [0.1, 0.15) is 33.1 Å². The number of aliphatic hydroxyl groups is 1. The van der Waals surface area contributed by atoms with Crippen molar-refractivity contribution in [3.8, 4) is 0 Å². The Morgan fingerprint density at radius 1 is 1.00 bits per heavy atom.